The largest absolute Gasteiger partial charge is 0.467 e. The van der Waals surface area contributed by atoms with Crippen LogP contribution >= 0.6 is 11.6 Å². The van der Waals surface area contributed by atoms with Gasteiger partial charge >= 0.3 is 5.97 Å². The second-order valence-corrected chi connectivity index (χ2v) is 6.71. The van der Waals surface area contributed by atoms with Crippen LogP contribution in [0.3, 0.4) is 0 Å². The predicted molar refractivity (Wildman–Crippen MR) is 97.9 cm³/mol. The number of rotatable bonds is 6. The van der Waals surface area contributed by atoms with Gasteiger partial charge in [-0.05, 0) is 31.2 Å². The molecule has 2 aromatic rings. The van der Waals surface area contributed by atoms with Crippen LogP contribution in [0.1, 0.15) is 19.1 Å². The fourth-order valence-electron chi connectivity index (χ4n) is 2.79. The lowest BCUT2D eigenvalue weighted by Crippen LogP contribution is -2.33. The van der Waals surface area contributed by atoms with Crippen LogP contribution in [0.5, 0.6) is 0 Å². The van der Waals surface area contributed by atoms with Gasteiger partial charge in [0.2, 0.25) is 5.91 Å². The molecule has 0 unspecified atom stereocenters. The van der Waals surface area contributed by atoms with Crippen molar-refractivity contribution in [3.63, 3.8) is 0 Å². The summed E-state index contributed by atoms with van der Waals surface area (Å²) in [6.07, 6.45) is 0.572. The molecular formula is C19H19ClN2O5. The SMILES string of the molecule is C[C@H](OC(=O)[C@H]1CC(=O)N(Cc2ccco2)C1)C(=O)Nc1ccccc1Cl. The first kappa shape index (κ1) is 19.0. The molecule has 1 aliphatic heterocycles. The molecule has 27 heavy (non-hydrogen) atoms. The summed E-state index contributed by atoms with van der Waals surface area (Å²) in [4.78, 5) is 38.2. The van der Waals surface area contributed by atoms with Crippen molar-refractivity contribution in [2.75, 3.05) is 11.9 Å². The van der Waals surface area contributed by atoms with Gasteiger partial charge in [-0.25, -0.2) is 0 Å². The van der Waals surface area contributed by atoms with Crippen molar-refractivity contribution in [1.82, 2.24) is 4.90 Å². The number of hydrogen-bond acceptors (Lipinski definition) is 5. The van der Waals surface area contributed by atoms with Gasteiger partial charge in [0.1, 0.15) is 5.76 Å². The van der Waals surface area contributed by atoms with E-state index in [0.29, 0.717) is 23.0 Å². The fourth-order valence-corrected chi connectivity index (χ4v) is 2.98. The fraction of sp³-hybridized carbons (Fsp3) is 0.316. The number of furan rings is 1. The van der Waals surface area contributed by atoms with Gasteiger partial charge in [0.25, 0.3) is 5.91 Å². The Morgan fingerprint density at radius 1 is 1.33 bits per heavy atom. The van der Waals surface area contributed by atoms with E-state index < -0.39 is 23.9 Å². The second kappa shape index (κ2) is 8.26. The number of hydrogen-bond donors (Lipinski definition) is 1. The number of halogens is 1. The van der Waals surface area contributed by atoms with Crippen LogP contribution in [0.25, 0.3) is 0 Å². The first-order chi connectivity index (χ1) is 12.9. The monoisotopic (exact) mass is 390 g/mol. The molecular weight excluding hydrogens is 372 g/mol. The molecule has 0 radical (unpaired) electrons. The Labute approximate surface area is 161 Å². The van der Waals surface area contributed by atoms with Crippen molar-refractivity contribution in [1.29, 1.82) is 0 Å². The zero-order valence-corrected chi connectivity index (χ0v) is 15.4. The highest BCUT2D eigenvalue weighted by Gasteiger charge is 2.36. The Hall–Kier alpha value is -2.80. The van der Waals surface area contributed by atoms with Gasteiger partial charge in [-0.15, -0.1) is 0 Å². The number of amides is 2. The molecule has 0 bridgehead atoms. The van der Waals surface area contributed by atoms with E-state index in [1.807, 2.05) is 0 Å². The molecule has 1 N–H and O–H groups in total. The third-order valence-electron chi connectivity index (χ3n) is 4.27. The number of benzene rings is 1. The van der Waals surface area contributed by atoms with Gasteiger partial charge in [0.15, 0.2) is 6.10 Å². The molecule has 2 amide bonds. The minimum absolute atomic E-state index is 0.0540. The number of ether oxygens (including phenoxy) is 1. The minimum Gasteiger partial charge on any atom is -0.467 e. The lowest BCUT2D eigenvalue weighted by molar-refractivity contribution is -0.157. The van der Waals surface area contributed by atoms with Gasteiger partial charge in [-0.3, -0.25) is 14.4 Å². The third-order valence-corrected chi connectivity index (χ3v) is 4.60. The molecule has 8 heteroatoms. The number of anilines is 1. The summed E-state index contributed by atoms with van der Waals surface area (Å²) in [6, 6.07) is 10.3. The van der Waals surface area contributed by atoms with Crippen molar-refractivity contribution in [2.45, 2.75) is 26.0 Å². The molecule has 1 saturated heterocycles. The van der Waals surface area contributed by atoms with Crippen LogP contribution in [0.15, 0.2) is 47.1 Å². The number of carbonyl (C=O) groups excluding carboxylic acids is 3. The lowest BCUT2D eigenvalue weighted by atomic mass is 10.1. The summed E-state index contributed by atoms with van der Waals surface area (Å²) < 4.78 is 10.5. The summed E-state index contributed by atoms with van der Waals surface area (Å²) in [5, 5.41) is 3.00. The Kier molecular flexibility index (Phi) is 5.81. The van der Waals surface area contributed by atoms with Crippen LogP contribution < -0.4 is 5.32 Å². The first-order valence-corrected chi connectivity index (χ1v) is 8.88. The number of nitrogens with zero attached hydrogens (tertiary/aromatic N) is 1. The van der Waals surface area contributed by atoms with Gasteiger partial charge < -0.3 is 19.4 Å². The van der Waals surface area contributed by atoms with Crippen molar-refractivity contribution >= 4 is 35.1 Å². The minimum atomic E-state index is -1.01. The molecule has 1 aliphatic rings. The van der Waals surface area contributed by atoms with Crippen LogP contribution in [0.4, 0.5) is 5.69 Å². The number of nitrogens with one attached hydrogen (secondary N) is 1. The van der Waals surface area contributed by atoms with Gasteiger partial charge in [0, 0.05) is 13.0 Å². The maximum absolute atomic E-state index is 12.3. The van der Waals surface area contributed by atoms with Crippen molar-refractivity contribution in [3.8, 4) is 0 Å². The molecule has 3 rings (SSSR count). The number of esters is 1. The average molecular weight is 391 g/mol. The molecule has 142 valence electrons. The molecule has 0 aliphatic carbocycles. The number of para-hydroxylation sites is 1. The van der Waals surface area contributed by atoms with E-state index in [1.54, 1.807) is 41.3 Å². The zero-order valence-electron chi connectivity index (χ0n) is 14.7. The van der Waals surface area contributed by atoms with Gasteiger partial charge in [0.05, 0.1) is 29.4 Å². The molecule has 2 atom stereocenters. The summed E-state index contributed by atoms with van der Waals surface area (Å²) in [5.41, 5.74) is 0.438. The standard InChI is InChI=1S/C19H19ClN2O5/c1-12(18(24)21-16-7-3-2-6-15(16)20)27-19(25)13-9-17(23)22(10-13)11-14-5-4-8-26-14/h2-8,12-13H,9-11H2,1H3,(H,21,24)/t12-,13-/m0/s1. The highest BCUT2D eigenvalue weighted by Crippen LogP contribution is 2.23. The number of carbonyl (C=O) groups is 3. The maximum Gasteiger partial charge on any atom is 0.312 e. The molecule has 0 saturated carbocycles. The van der Waals surface area contributed by atoms with E-state index in [9.17, 15) is 14.4 Å². The molecule has 1 aromatic heterocycles. The summed E-state index contributed by atoms with van der Waals surface area (Å²) in [6.45, 7) is 2.01. The Bertz CT molecular complexity index is 836. The summed E-state index contributed by atoms with van der Waals surface area (Å²) in [7, 11) is 0. The quantitative estimate of drug-likeness (QED) is 0.766. The molecule has 0 spiro atoms. The molecule has 1 fully saturated rings. The predicted octanol–water partition coefficient (Wildman–Crippen LogP) is 2.85. The van der Waals surface area contributed by atoms with Crippen molar-refractivity contribution < 1.29 is 23.5 Å². The van der Waals surface area contributed by atoms with Gasteiger partial charge in [-0.2, -0.15) is 0 Å². The molecule has 2 heterocycles. The topological polar surface area (TPSA) is 88.9 Å². The Morgan fingerprint density at radius 3 is 2.81 bits per heavy atom. The smallest absolute Gasteiger partial charge is 0.312 e. The summed E-state index contributed by atoms with van der Waals surface area (Å²) in [5.74, 6) is -1.19. The zero-order chi connectivity index (χ0) is 19.4. The average Bonchev–Trinajstić information content (AvgIpc) is 3.27. The second-order valence-electron chi connectivity index (χ2n) is 6.30. The number of likely N-dealkylation sites (tertiary alicyclic amines) is 1. The third kappa shape index (κ3) is 4.68. The van der Waals surface area contributed by atoms with E-state index in [2.05, 4.69) is 5.32 Å². The van der Waals surface area contributed by atoms with Crippen LogP contribution in [0.2, 0.25) is 5.02 Å². The van der Waals surface area contributed by atoms with Crippen LogP contribution in [0, 0.1) is 5.92 Å². The van der Waals surface area contributed by atoms with E-state index in [-0.39, 0.29) is 18.9 Å². The Morgan fingerprint density at radius 2 is 2.11 bits per heavy atom. The van der Waals surface area contributed by atoms with Crippen LogP contribution in [-0.2, 0) is 25.7 Å². The summed E-state index contributed by atoms with van der Waals surface area (Å²) >= 11 is 6.00. The van der Waals surface area contributed by atoms with Crippen molar-refractivity contribution in [2.24, 2.45) is 5.92 Å². The lowest BCUT2D eigenvalue weighted by Gasteiger charge is -2.17. The normalized spacial score (nSPS) is 17.6. The van der Waals surface area contributed by atoms with E-state index >= 15 is 0 Å². The highest BCUT2D eigenvalue weighted by molar-refractivity contribution is 6.33. The Balaban J connectivity index is 1.53. The van der Waals surface area contributed by atoms with Crippen LogP contribution in [-0.4, -0.2) is 35.3 Å². The molecule has 7 nitrogen and oxygen atoms in total. The highest BCUT2D eigenvalue weighted by atomic mass is 35.5. The maximum atomic E-state index is 12.3. The van der Waals surface area contributed by atoms with E-state index in [0.717, 1.165) is 0 Å². The molecule has 1 aromatic carbocycles. The van der Waals surface area contributed by atoms with E-state index in [4.69, 9.17) is 20.8 Å². The first-order valence-electron chi connectivity index (χ1n) is 8.50. The van der Waals surface area contributed by atoms with E-state index in [1.165, 1.54) is 13.2 Å². The van der Waals surface area contributed by atoms with Gasteiger partial charge in [-0.1, -0.05) is 23.7 Å². The van der Waals surface area contributed by atoms with Crippen molar-refractivity contribution in [3.05, 3.63) is 53.4 Å².